The standard InChI is InChI=1S/C24H19F3N3O3/c1-2-33-23(32)16-10-12-29(13-11-16)15-21-28-20-9-4-3-8-19(20)22(31)30(21)18-7-5-6-17(14-18)24(25,26)27/h3-14H,2,15H2,1H3/q+1. The molecule has 168 valence electrons. The molecule has 0 saturated carbocycles. The highest BCUT2D eigenvalue weighted by atomic mass is 19.4. The Balaban J connectivity index is 1.83. The van der Waals surface area contributed by atoms with Crippen molar-refractivity contribution in [3.63, 3.8) is 0 Å². The Kier molecular flexibility index (Phi) is 5.95. The molecular weight excluding hydrogens is 435 g/mol. The summed E-state index contributed by atoms with van der Waals surface area (Å²) < 4.78 is 47.7. The van der Waals surface area contributed by atoms with Crippen molar-refractivity contribution < 1.29 is 27.3 Å². The maximum Gasteiger partial charge on any atom is 0.416 e. The molecule has 0 atom stereocenters. The summed E-state index contributed by atoms with van der Waals surface area (Å²) in [6.45, 7) is 2.04. The van der Waals surface area contributed by atoms with Crippen LogP contribution < -0.4 is 10.1 Å². The molecule has 4 rings (SSSR count). The lowest BCUT2D eigenvalue weighted by molar-refractivity contribution is -0.689. The SMILES string of the molecule is CCOC(=O)c1cc[n+](Cc2nc3ccccc3c(=O)n2-c2cccc(C(F)(F)F)c2)cc1. The predicted molar refractivity (Wildman–Crippen MR) is 114 cm³/mol. The van der Waals surface area contributed by atoms with Gasteiger partial charge < -0.3 is 4.74 Å². The van der Waals surface area contributed by atoms with Gasteiger partial charge in [-0.25, -0.2) is 9.78 Å². The molecular formula is C24H19F3N3O3+. The zero-order valence-corrected chi connectivity index (χ0v) is 17.5. The number of hydrogen-bond acceptors (Lipinski definition) is 4. The molecule has 6 nitrogen and oxygen atoms in total. The molecule has 0 saturated heterocycles. The minimum Gasteiger partial charge on any atom is -0.462 e. The molecule has 2 aromatic carbocycles. The van der Waals surface area contributed by atoms with E-state index in [4.69, 9.17) is 4.74 Å². The molecule has 2 heterocycles. The van der Waals surface area contributed by atoms with E-state index < -0.39 is 23.3 Å². The number of esters is 1. The van der Waals surface area contributed by atoms with Crippen molar-refractivity contribution in [1.82, 2.24) is 9.55 Å². The number of ether oxygens (including phenoxy) is 1. The van der Waals surface area contributed by atoms with E-state index in [1.54, 1.807) is 60.3 Å². The smallest absolute Gasteiger partial charge is 0.416 e. The maximum atomic E-state index is 13.3. The van der Waals surface area contributed by atoms with Gasteiger partial charge in [-0.3, -0.25) is 9.36 Å². The number of halogens is 3. The van der Waals surface area contributed by atoms with Gasteiger partial charge in [-0.05, 0) is 37.3 Å². The van der Waals surface area contributed by atoms with Crippen LogP contribution in [-0.2, 0) is 17.5 Å². The number of rotatable bonds is 5. The van der Waals surface area contributed by atoms with E-state index in [0.717, 1.165) is 12.1 Å². The summed E-state index contributed by atoms with van der Waals surface area (Å²) in [5.41, 5.74) is -0.484. The van der Waals surface area contributed by atoms with Gasteiger partial charge in [0.25, 0.3) is 5.56 Å². The van der Waals surface area contributed by atoms with Crippen LogP contribution in [0.4, 0.5) is 13.2 Å². The average Bonchev–Trinajstić information content (AvgIpc) is 2.79. The van der Waals surface area contributed by atoms with Gasteiger partial charge in [0.2, 0.25) is 6.54 Å². The predicted octanol–water partition coefficient (Wildman–Crippen LogP) is 3.92. The number of aromatic nitrogens is 3. The van der Waals surface area contributed by atoms with Crippen LogP contribution in [0.25, 0.3) is 16.6 Å². The Morgan fingerprint density at radius 2 is 1.79 bits per heavy atom. The molecule has 0 spiro atoms. The summed E-state index contributed by atoms with van der Waals surface area (Å²) in [6.07, 6.45) is -1.32. The molecule has 0 unspecified atom stereocenters. The lowest BCUT2D eigenvalue weighted by Gasteiger charge is -2.14. The van der Waals surface area contributed by atoms with Crippen LogP contribution in [0.1, 0.15) is 28.7 Å². The van der Waals surface area contributed by atoms with Crippen LogP contribution in [0.5, 0.6) is 0 Å². The Bertz CT molecular complexity index is 1380. The van der Waals surface area contributed by atoms with Crippen LogP contribution in [0, 0.1) is 0 Å². The molecule has 0 aliphatic carbocycles. The highest BCUT2D eigenvalue weighted by Gasteiger charge is 2.31. The third kappa shape index (κ3) is 4.62. The van der Waals surface area contributed by atoms with Gasteiger partial charge in [0, 0.05) is 12.1 Å². The number of benzene rings is 2. The number of alkyl halides is 3. The number of carbonyl (C=O) groups is 1. The summed E-state index contributed by atoms with van der Waals surface area (Å²) >= 11 is 0. The summed E-state index contributed by atoms with van der Waals surface area (Å²) in [4.78, 5) is 29.7. The van der Waals surface area contributed by atoms with E-state index in [9.17, 15) is 22.8 Å². The van der Waals surface area contributed by atoms with E-state index >= 15 is 0 Å². The number of fused-ring (bicyclic) bond motifs is 1. The zero-order chi connectivity index (χ0) is 23.6. The second kappa shape index (κ2) is 8.85. The van der Waals surface area contributed by atoms with Gasteiger partial charge in [-0.2, -0.15) is 17.7 Å². The van der Waals surface area contributed by atoms with Crippen LogP contribution in [0.2, 0.25) is 0 Å². The van der Waals surface area contributed by atoms with Gasteiger partial charge in [-0.15, -0.1) is 0 Å². The quantitative estimate of drug-likeness (QED) is 0.339. The molecule has 2 aromatic heterocycles. The first-order chi connectivity index (χ1) is 15.8. The summed E-state index contributed by atoms with van der Waals surface area (Å²) in [5, 5.41) is 0.293. The van der Waals surface area contributed by atoms with E-state index in [1.807, 2.05) is 0 Å². The van der Waals surface area contributed by atoms with Crippen LogP contribution in [-0.4, -0.2) is 22.1 Å². The Morgan fingerprint density at radius 3 is 2.48 bits per heavy atom. The van der Waals surface area contributed by atoms with Gasteiger partial charge >= 0.3 is 12.1 Å². The lowest BCUT2D eigenvalue weighted by Crippen LogP contribution is -2.37. The molecule has 0 aliphatic heterocycles. The second-order valence-electron chi connectivity index (χ2n) is 7.21. The van der Waals surface area contributed by atoms with Crippen molar-refractivity contribution in [2.75, 3.05) is 6.61 Å². The molecule has 9 heteroatoms. The fourth-order valence-corrected chi connectivity index (χ4v) is 3.45. The van der Waals surface area contributed by atoms with Crippen molar-refractivity contribution in [3.8, 4) is 5.69 Å². The van der Waals surface area contributed by atoms with E-state index in [2.05, 4.69) is 4.98 Å². The van der Waals surface area contributed by atoms with Gasteiger partial charge in [-0.1, -0.05) is 18.2 Å². The summed E-state index contributed by atoms with van der Waals surface area (Å²) in [5.74, 6) is -0.221. The summed E-state index contributed by atoms with van der Waals surface area (Å²) in [6, 6.07) is 14.3. The fraction of sp³-hybridized carbons (Fsp3) is 0.167. The third-order valence-corrected chi connectivity index (χ3v) is 5.00. The Labute approximate surface area is 186 Å². The van der Waals surface area contributed by atoms with Crippen molar-refractivity contribution in [2.45, 2.75) is 19.6 Å². The van der Waals surface area contributed by atoms with E-state index in [0.29, 0.717) is 16.5 Å². The van der Waals surface area contributed by atoms with E-state index in [1.165, 1.54) is 16.7 Å². The van der Waals surface area contributed by atoms with Crippen LogP contribution in [0.15, 0.2) is 77.9 Å². The molecule has 33 heavy (non-hydrogen) atoms. The van der Waals surface area contributed by atoms with Crippen molar-refractivity contribution in [1.29, 1.82) is 0 Å². The van der Waals surface area contributed by atoms with Crippen molar-refractivity contribution >= 4 is 16.9 Å². The monoisotopic (exact) mass is 454 g/mol. The topological polar surface area (TPSA) is 65.1 Å². The lowest BCUT2D eigenvalue weighted by atomic mass is 10.1. The minimum absolute atomic E-state index is 0.0619. The molecule has 0 aliphatic rings. The normalized spacial score (nSPS) is 11.5. The maximum absolute atomic E-state index is 13.3. The molecule has 0 bridgehead atoms. The first-order valence-electron chi connectivity index (χ1n) is 10.1. The Hall–Kier alpha value is -4.01. The first-order valence-corrected chi connectivity index (χ1v) is 10.1. The summed E-state index contributed by atoms with van der Waals surface area (Å²) in [7, 11) is 0. The average molecular weight is 454 g/mol. The molecule has 0 fully saturated rings. The molecule has 0 N–H and O–H groups in total. The molecule has 4 aromatic rings. The highest BCUT2D eigenvalue weighted by Crippen LogP contribution is 2.30. The molecule has 0 radical (unpaired) electrons. The number of nitrogens with zero attached hydrogens (tertiary/aromatic N) is 3. The Morgan fingerprint density at radius 1 is 1.06 bits per heavy atom. The fourth-order valence-electron chi connectivity index (χ4n) is 3.45. The number of para-hydroxylation sites is 1. The van der Waals surface area contributed by atoms with Crippen molar-refractivity contribution in [3.05, 3.63) is 100 Å². The van der Waals surface area contributed by atoms with E-state index in [-0.39, 0.29) is 24.7 Å². The first kappa shape index (κ1) is 22.2. The second-order valence-corrected chi connectivity index (χ2v) is 7.21. The van der Waals surface area contributed by atoms with Crippen LogP contribution in [0.3, 0.4) is 0 Å². The zero-order valence-electron chi connectivity index (χ0n) is 17.5. The third-order valence-electron chi connectivity index (χ3n) is 5.00. The van der Waals surface area contributed by atoms with Crippen LogP contribution >= 0.6 is 0 Å². The van der Waals surface area contributed by atoms with Gasteiger partial charge in [0.15, 0.2) is 18.2 Å². The number of carbonyl (C=O) groups excluding carboxylic acids is 1. The number of hydrogen-bond donors (Lipinski definition) is 0. The largest absolute Gasteiger partial charge is 0.462 e. The minimum atomic E-state index is -4.55. The van der Waals surface area contributed by atoms with Gasteiger partial charge in [0.05, 0.1) is 34.3 Å². The highest BCUT2D eigenvalue weighted by molar-refractivity contribution is 5.88. The van der Waals surface area contributed by atoms with Gasteiger partial charge in [0.1, 0.15) is 0 Å². The number of pyridine rings is 1. The molecule has 0 amide bonds. The van der Waals surface area contributed by atoms with Crippen molar-refractivity contribution in [2.24, 2.45) is 0 Å².